The van der Waals surface area contributed by atoms with E-state index < -0.39 is 10.1 Å². The molecule has 208 valence electrons. The van der Waals surface area contributed by atoms with Crippen molar-refractivity contribution in [3.05, 3.63) is 82.5 Å². The van der Waals surface area contributed by atoms with E-state index in [0.717, 1.165) is 41.5 Å². The molecule has 4 aromatic rings. The fraction of sp³-hybridized carbons (Fsp3) is 0.333. The van der Waals surface area contributed by atoms with E-state index in [1.54, 1.807) is 12.1 Å². The number of rotatable bonds is 7. The van der Waals surface area contributed by atoms with Crippen LogP contribution in [0.15, 0.2) is 65.6 Å². The standard InChI is InChI=1S/C30H31ClN4O4S/c1-20-9-11-23(12-10-20)40(36,37)39-29-24-14-16-35(27-8-4-6-22-5-3-7-25(31)28(22)27)18-26(24)32-30(33-29)38-19-21-13-15-34(2)17-21/h3-12,21H,13-19H2,1-2H3. The third-order valence-electron chi connectivity index (χ3n) is 7.61. The van der Waals surface area contributed by atoms with Crippen LogP contribution in [0.3, 0.4) is 0 Å². The van der Waals surface area contributed by atoms with E-state index >= 15 is 0 Å². The van der Waals surface area contributed by atoms with Crippen molar-refractivity contribution in [2.75, 3.05) is 38.2 Å². The lowest BCUT2D eigenvalue weighted by Gasteiger charge is -2.31. The van der Waals surface area contributed by atoms with Crippen molar-refractivity contribution in [3.8, 4) is 11.9 Å². The minimum absolute atomic E-state index is 0.0275. The fourth-order valence-electron chi connectivity index (χ4n) is 5.46. The number of anilines is 1. The summed E-state index contributed by atoms with van der Waals surface area (Å²) in [6.07, 6.45) is 1.53. The lowest BCUT2D eigenvalue weighted by Crippen LogP contribution is -2.32. The van der Waals surface area contributed by atoms with Crippen molar-refractivity contribution >= 4 is 38.2 Å². The molecule has 0 spiro atoms. The van der Waals surface area contributed by atoms with Gasteiger partial charge in [0.25, 0.3) is 0 Å². The Bertz CT molecular complexity index is 1660. The molecule has 1 aromatic heterocycles. The third kappa shape index (κ3) is 5.46. The van der Waals surface area contributed by atoms with E-state index in [0.29, 0.717) is 48.3 Å². The molecule has 6 rings (SSSR count). The smallest absolute Gasteiger partial charge is 0.340 e. The van der Waals surface area contributed by atoms with E-state index in [2.05, 4.69) is 21.8 Å². The minimum atomic E-state index is -4.10. The summed E-state index contributed by atoms with van der Waals surface area (Å²) in [5, 5.41) is 2.71. The maximum atomic E-state index is 13.2. The molecular weight excluding hydrogens is 548 g/mol. The molecule has 0 bridgehead atoms. The van der Waals surface area contributed by atoms with E-state index in [-0.39, 0.29) is 16.8 Å². The van der Waals surface area contributed by atoms with Gasteiger partial charge in [-0.1, -0.05) is 53.6 Å². The van der Waals surface area contributed by atoms with Crippen molar-refractivity contribution in [1.82, 2.24) is 14.9 Å². The Morgan fingerprint density at radius 2 is 1.80 bits per heavy atom. The molecule has 1 unspecified atom stereocenters. The van der Waals surface area contributed by atoms with Crippen LogP contribution in [0.5, 0.6) is 11.9 Å². The molecule has 0 N–H and O–H groups in total. The van der Waals surface area contributed by atoms with Gasteiger partial charge in [-0.25, -0.2) is 0 Å². The number of hydrogen-bond acceptors (Lipinski definition) is 8. The summed E-state index contributed by atoms with van der Waals surface area (Å²) in [5.41, 5.74) is 3.31. The van der Waals surface area contributed by atoms with Gasteiger partial charge in [-0.3, -0.25) is 0 Å². The first-order chi connectivity index (χ1) is 19.3. The van der Waals surface area contributed by atoms with E-state index in [9.17, 15) is 8.42 Å². The quantitative estimate of drug-likeness (QED) is 0.275. The maximum Gasteiger partial charge on any atom is 0.340 e. The van der Waals surface area contributed by atoms with Crippen LogP contribution in [0.4, 0.5) is 5.69 Å². The van der Waals surface area contributed by atoms with E-state index in [1.165, 1.54) is 12.1 Å². The second-order valence-corrected chi connectivity index (χ2v) is 12.6. The summed E-state index contributed by atoms with van der Waals surface area (Å²) in [4.78, 5) is 13.8. The predicted octanol–water partition coefficient (Wildman–Crippen LogP) is 5.25. The van der Waals surface area contributed by atoms with Crippen molar-refractivity contribution < 1.29 is 17.3 Å². The number of ether oxygens (including phenoxy) is 1. The fourth-order valence-corrected chi connectivity index (χ4v) is 6.65. The number of hydrogen-bond donors (Lipinski definition) is 0. The zero-order chi connectivity index (χ0) is 27.9. The van der Waals surface area contributed by atoms with Gasteiger partial charge in [-0.2, -0.15) is 18.4 Å². The maximum absolute atomic E-state index is 13.2. The van der Waals surface area contributed by atoms with Gasteiger partial charge in [0.15, 0.2) is 0 Å². The molecule has 8 nitrogen and oxygen atoms in total. The first-order valence-electron chi connectivity index (χ1n) is 13.4. The molecule has 3 aromatic carbocycles. The van der Waals surface area contributed by atoms with Crippen molar-refractivity contribution in [3.63, 3.8) is 0 Å². The summed E-state index contributed by atoms with van der Waals surface area (Å²) in [6.45, 7) is 5.37. The Labute approximate surface area is 239 Å². The summed E-state index contributed by atoms with van der Waals surface area (Å²) in [5.74, 6) is 0.388. The highest BCUT2D eigenvalue weighted by molar-refractivity contribution is 7.87. The van der Waals surface area contributed by atoms with Crippen molar-refractivity contribution in [1.29, 1.82) is 0 Å². The van der Waals surface area contributed by atoms with Gasteiger partial charge in [0, 0.05) is 35.6 Å². The Kier molecular flexibility index (Phi) is 7.29. The van der Waals surface area contributed by atoms with Crippen LogP contribution in [0.1, 0.15) is 23.2 Å². The Morgan fingerprint density at radius 3 is 2.55 bits per heavy atom. The first-order valence-corrected chi connectivity index (χ1v) is 15.2. The molecule has 0 aliphatic carbocycles. The monoisotopic (exact) mass is 578 g/mol. The topological polar surface area (TPSA) is 84.9 Å². The van der Waals surface area contributed by atoms with Gasteiger partial charge in [0.05, 0.1) is 23.9 Å². The highest BCUT2D eigenvalue weighted by Gasteiger charge is 2.29. The number of benzene rings is 3. The number of likely N-dealkylation sites (tertiary alicyclic amines) is 1. The molecule has 0 saturated carbocycles. The molecule has 0 radical (unpaired) electrons. The average Bonchev–Trinajstić information content (AvgIpc) is 3.36. The van der Waals surface area contributed by atoms with Crippen LogP contribution in [0, 0.1) is 12.8 Å². The van der Waals surface area contributed by atoms with E-state index in [4.69, 9.17) is 25.5 Å². The molecule has 2 aliphatic heterocycles. The molecule has 1 fully saturated rings. The van der Waals surface area contributed by atoms with Crippen LogP contribution in [-0.4, -0.2) is 56.6 Å². The average molecular weight is 579 g/mol. The van der Waals surface area contributed by atoms with Crippen LogP contribution in [0.25, 0.3) is 10.8 Å². The van der Waals surface area contributed by atoms with Crippen LogP contribution in [0.2, 0.25) is 5.02 Å². The summed E-state index contributed by atoms with van der Waals surface area (Å²) < 4.78 is 38.2. The van der Waals surface area contributed by atoms with Gasteiger partial charge >= 0.3 is 16.1 Å². The molecule has 0 amide bonds. The predicted molar refractivity (Wildman–Crippen MR) is 156 cm³/mol. The largest absolute Gasteiger partial charge is 0.463 e. The number of nitrogens with zero attached hydrogens (tertiary/aromatic N) is 4. The second kappa shape index (κ2) is 10.9. The summed E-state index contributed by atoms with van der Waals surface area (Å²) >= 11 is 6.62. The molecular formula is C30H31ClN4O4S. The van der Waals surface area contributed by atoms with Crippen molar-refractivity contribution in [2.24, 2.45) is 5.92 Å². The molecule has 3 heterocycles. The minimum Gasteiger partial charge on any atom is -0.463 e. The third-order valence-corrected chi connectivity index (χ3v) is 9.16. The molecule has 2 aliphatic rings. The lowest BCUT2D eigenvalue weighted by molar-refractivity contribution is 0.229. The van der Waals surface area contributed by atoms with Gasteiger partial charge in [-0.05, 0) is 63.0 Å². The summed E-state index contributed by atoms with van der Waals surface area (Å²) in [7, 11) is -2.01. The van der Waals surface area contributed by atoms with Crippen molar-refractivity contribution in [2.45, 2.75) is 31.2 Å². The second-order valence-electron chi connectivity index (χ2n) is 10.6. The van der Waals surface area contributed by atoms with Gasteiger partial charge in [0.2, 0.25) is 5.88 Å². The van der Waals surface area contributed by atoms with Crippen LogP contribution < -0.4 is 13.8 Å². The molecule has 1 atom stereocenters. The van der Waals surface area contributed by atoms with Crippen LogP contribution >= 0.6 is 11.6 Å². The highest BCUT2D eigenvalue weighted by atomic mass is 35.5. The zero-order valence-corrected chi connectivity index (χ0v) is 24.1. The normalized spacial score (nSPS) is 17.7. The number of aryl methyl sites for hydroxylation is 1. The zero-order valence-electron chi connectivity index (χ0n) is 22.5. The SMILES string of the molecule is Cc1ccc(S(=O)(=O)Oc2nc(OCC3CCN(C)C3)nc3c2CCN(c2cccc4cccc(Cl)c24)C3)cc1. The van der Waals surface area contributed by atoms with E-state index in [1.807, 2.05) is 43.3 Å². The summed E-state index contributed by atoms with van der Waals surface area (Å²) in [6, 6.07) is 18.7. The van der Waals surface area contributed by atoms with Crippen LogP contribution in [-0.2, 0) is 23.1 Å². The molecule has 1 saturated heterocycles. The Morgan fingerprint density at radius 1 is 1.02 bits per heavy atom. The number of halogens is 1. The van der Waals surface area contributed by atoms with Gasteiger partial charge < -0.3 is 18.7 Å². The molecule has 10 heteroatoms. The van der Waals surface area contributed by atoms with Gasteiger partial charge in [-0.15, -0.1) is 0 Å². The first kappa shape index (κ1) is 26.8. The Hall–Kier alpha value is -3.40. The highest BCUT2D eigenvalue weighted by Crippen LogP contribution is 2.37. The number of aromatic nitrogens is 2. The molecule has 40 heavy (non-hydrogen) atoms. The Balaban J connectivity index is 1.35. The number of fused-ring (bicyclic) bond motifs is 2. The lowest BCUT2D eigenvalue weighted by atomic mass is 10.0. The van der Waals surface area contributed by atoms with Gasteiger partial charge in [0.1, 0.15) is 4.90 Å².